The van der Waals surface area contributed by atoms with Gasteiger partial charge in [0.2, 0.25) is 0 Å². The number of carbonyl (C=O) groups excluding carboxylic acids is 1. The van der Waals surface area contributed by atoms with E-state index in [9.17, 15) is 4.79 Å². The Morgan fingerprint density at radius 3 is 2.57 bits per heavy atom. The lowest BCUT2D eigenvalue weighted by Gasteiger charge is -2.38. The van der Waals surface area contributed by atoms with Gasteiger partial charge in [-0.1, -0.05) is 30.3 Å². The van der Waals surface area contributed by atoms with E-state index in [1.807, 2.05) is 54.2 Å². The van der Waals surface area contributed by atoms with Crippen molar-refractivity contribution < 1.29 is 14.3 Å². The highest BCUT2D eigenvalue weighted by molar-refractivity contribution is 6.07. The van der Waals surface area contributed by atoms with Gasteiger partial charge in [0.1, 0.15) is 5.75 Å². The molecule has 0 atom stereocenters. The number of ether oxygens (including phenoxy) is 2. The van der Waals surface area contributed by atoms with E-state index < -0.39 is 0 Å². The number of aryl methyl sites for hydroxylation is 1. The molecule has 0 bridgehead atoms. The van der Waals surface area contributed by atoms with Crippen LogP contribution in [0.3, 0.4) is 0 Å². The van der Waals surface area contributed by atoms with E-state index in [-0.39, 0.29) is 11.3 Å². The number of amides is 1. The zero-order valence-corrected chi connectivity index (χ0v) is 16.4. The maximum absolute atomic E-state index is 13.0. The van der Waals surface area contributed by atoms with Gasteiger partial charge in [-0.05, 0) is 36.6 Å². The molecule has 0 unspecified atom stereocenters. The fourth-order valence-corrected chi connectivity index (χ4v) is 4.14. The molecule has 1 aliphatic rings. The van der Waals surface area contributed by atoms with Crippen molar-refractivity contribution in [3.05, 3.63) is 65.9 Å². The zero-order valence-electron chi connectivity index (χ0n) is 16.4. The number of para-hydroxylation sites is 1. The first-order chi connectivity index (χ1) is 13.6. The highest BCUT2D eigenvalue weighted by atomic mass is 16.5. The van der Waals surface area contributed by atoms with Crippen molar-refractivity contribution in [3.8, 4) is 5.75 Å². The van der Waals surface area contributed by atoms with Gasteiger partial charge in [0, 0.05) is 49.3 Å². The first-order valence-electron chi connectivity index (χ1n) is 9.67. The van der Waals surface area contributed by atoms with Crippen molar-refractivity contribution in [1.82, 2.24) is 9.88 Å². The molecular formula is C23H26N2O3. The minimum Gasteiger partial charge on any atom is -0.497 e. The highest BCUT2D eigenvalue weighted by Gasteiger charge is 2.35. The third kappa shape index (κ3) is 3.38. The van der Waals surface area contributed by atoms with Gasteiger partial charge in [0.15, 0.2) is 0 Å². The predicted octanol–water partition coefficient (Wildman–Crippen LogP) is 3.67. The summed E-state index contributed by atoms with van der Waals surface area (Å²) in [6, 6.07) is 16.2. The van der Waals surface area contributed by atoms with Gasteiger partial charge in [0.05, 0.1) is 12.7 Å². The molecule has 0 aliphatic carbocycles. The molecule has 0 spiro atoms. The summed E-state index contributed by atoms with van der Waals surface area (Å²) >= 11 is 0. The summed E-state index contributed by atoms with van der Waals surface area (Å²) in [5.41, 5.74) is 2.87. The first kappa shape index (κ1) is 18.6. The van der Waals surface area contributed by atoms with E-state index in [1.54, 1.807) is 7.11 Å². The van der Waals surface area contributed by atoms with Crippen LogP contribution < -0.4 is 10.1 Å². The molecule has 1 N–H and O–H groups in total. The molecule has 0 saturated carbocycles. The number of aromatic nitrogens is 1. The molecule has 4 rings (SSSR count). The lowest BCUT2D eigenvalue weighted by molar-refractivity contribution is 0.0487. The van der Waals surface area contributed by atoms with Gasteiger partial charge >= 0.3 is 0 Å². The Labute approximate surface area is 165 Å². The molecule has 1 amide bonds. The van der Waals surface area contributed by atoms with E-state index in [4.69, 9.17) is 9.47 Å². The van der Waals surface area contributed by atoms with Crippen molar-refractivity contribution in [2.75, 3.05) is 26.9 Å². The minimum atomic E-state index is -0.120. The normalized spacial score (nSPS) is 16.1. The number of nitrogens with zero attached hydrogens (tertiary/aromatic N) is 1. The number of hydrogen-bond acceptors (Lipinski definition) is 3. The molecule has 0 radical (unpaired) electrons. The van der Waals surface area contributed by atoms with Crippen LogP contribution in [0.1, 0.15) is 28.8 Å². The summed E-state index contributed by atoms with van der Waals surface area (Å²) in [5.74, 6) is 0.807. The molecule has 1 aliphatic heterocycles. The van der Waals surface area contributed by atoms with Gasteiger partial charge < -0.3 is 19.4 Å². The number of benzene rings is 2. The monoisotopic (exact) mass is 378 g/mol. The molecular weight excluding hydrogens is 352 g/mol. The van der Waals surface area contributed by atoms with Crippen molar-refractivity contribution in [2.45, 2.75) is 18.3 Å². The van der Waals surface area contributed by atoms with Crippen LogP contribution in [0.25, 0.3) is 10.9 Å². The van der Waals surface area contributed by atoms with E-state index in [0.29, 0.717) is 19.8 Å². The molecule has 5 nitrogen and oxygen atoms in total. The third-order valence-corrected chi connectivity index (χ3v) is 5.88. The minimum absolute atomic E-state index is 0.0313. The van der Waals surface area contributed by atoms with E-state index in [1.165, 1.54) is 5.56 Å². The Balaban J connectivity index is 1.58. The van der Waals surface area contributed by atoms with Crippen LogP contribution in [-0.2, 0) is 17.2 Å². The van der Waals surface area contributed by atoms with Crippen LogP contribution in [0.15, 0.2) is 54.7 Å². The molecule has 5 heteroatoms. The molecule has 3 aromatic rings. The summed E-state index contributed by atoms with van der Waals surface area (Å²) in [7, 11) is 3.64. The lowest BCUT2D eigenvalue weighted by atomic mass is 9.74. The second-order valence-corrected chi connectivity index (χ2v) is 7.47. The Morgan fingerprint density at radius 2 is 1.86 bits per heavy atom. The Morgan fingerprint density at radius 1 is 1.14 bits per heavy atom. The Kier molecular flexibility index (Phi) is 5.09. The molecule has 2 aromatic carbocycles. The second kappa shape index (κ2) is 7.68. The maximum Gasteiger partial charge on any atom is 0.253 e. The summed E-state index contributed by atoms with van der Waals surface area (Å²) < 4.78 is 12.9. The van der Waals surface area contributed by atoms with Crippen LogP contribution in [0, 0.1) is 0 Å². The second-order valence-electron chi connectivity index (χ2n) is 7.47. The third-order valence-electron chi connectivity index (χ3n) is 5.88. The van der Waals surface area contributed by atoms with E-state index >= 15 is 0 Å². The molecule has 1 saturated heterocycles. The van der Waals surface area contributed by atoms with Gasteiger partial charge in [0.25, 0.3) is 5.91 Å². The largest absolute Gasteiger partial charge is 0.497 e. The summed E-state index contributed by atoms with van der Waals surface area (Å²) in [6.07, 6.45) is 3.67. The summed E-state index contributed by atoms with van der Waals surface area (Å²) in [4.78, 5) is 13.0. The van der Waals surface area contributed by atoms with Crippen LogP contribution in [-0.4, -0.2) is 37.3 Å². The van der Waals surface area contributed by atoms with E-state index in [2.05, 4.69) is 17.4 Å². The van der Waals surface area contributed by atoms with E-state index in [0.717, 1.165) is 35.1 Å². The molecule has 2 heterocycles. The number of rotatable bonds is 5. The number of nitrogens with one attached hydrogen (secondary N) is 1. The van der Waals surface area contributed by atoms with Crippen molar-refractivity contribution >= 4 is 16.8 Å². The summed E-state index contributed by atoms with van der Waals surface area (Å²) in [5, 5.41) is 4.18. The molecule has 1 aromatic heterocycles. The number of hydrogen-bond donors (Lipinski definition) is 1. The summed E-state index contributed by atoms with van der Waals surface area (Å²) in [6.45, 7) is 2.00. The topological polar surface area (TPSA) is 52.5 Å². The van der Waals surface area contributed by atoms with Crippen LogP contribution in [0.4, 0.5) is 0 Å². The fourth-order valence-electron chi connectivity index (χ4n) is 4.14. The zero-order chi connectivity index (χ0) is 19.6. The average molecular weight is 378 g/mol. The molecule has 28 heavy (non-hydrogen) atoms. The Hall–Kier alpha value is -2.79. The van der Waals surface area contributed by atoms with Crippen LogP contribution in [0.5, 0.6) is 5.75 Å². The average Bonchev–Trinajstić information content (AvgIpc) is 3.10. The standard InChI is InChI=1S/C23H26N2O3/c1-25-15-20(19-5-3-4-6-21(19)25)22(26)24-16-23(11-13-28-14-12-23)17-7-9-18(27-2)10-8-17/h3-10,15H,11-14,16H2,1-2H3,(H,24,26). The van der Waals surface area contributed by atoms with Gasteiger partial charge in [-0.2, -0.15) is 0 Å². The van der Waals surface area contributed by atoms with Gasteiger partial charge in [-0.15, -0.1) is 0 Å². The predicted molar refractivity (Wildman–Crippen MR) is 110 cm³/mol. The number of methoxy groups -OCH3 is 1. The number of fused-ring (bicyclic) bond motifs is 1. The SMILES string of the molecule is COc1ccc(C2(CNC(=O)c3cn(C)c4ccccc34)CCOCC2)cc1. The lowest BCUT2D eigenvalue weighted by Crippen LogP contribution is -2.44. The van der Waals surface area contributed by atoms with Crippen molar-refractivity contribution in [1.29, 1.82) is 0 Å². The van der Waals surface area contributed by atoms with Gasteiger partial charge in [-0.25, -0.2) is 0 Å². The smallest absolute Gasteiger partial charge is 0.253 e. The maximum atomic E-state index is 13.0. The van der Waals surface area contributed by atoms with Crippen molar-refractivity contribution in [3.63, 3.8) is 0 Å². The Bertz CT molecular complexity index is 969. The van der Waals surface area contributed by atoms with Crippen molar-refractivity contribution in [2.24, 2.45) is 7.05 Å². The molecule has 146 valence electrons. The van der Waals surface area contributed by atoms with Crippen LogP contribution >= 0.6 is 0 Å². The first-order valence-corrected chi connectivity index (χ1v) is 9.67. The van der Waals surface area contributed by atoms with Gasteiger partial charge in [-0.3, -0.25) is 4.79 Å². The fraction of sp³-hybridized carbons (Fsp3) is 0.348. The molecule has 1 fully saturated rings. The van der Waals surface area contributed by atoms with Crippen LogP contribution in [0.2, 0.25) is 0 Å². The quantitative estimate of drug-likeness (QED) is 0.737. The highest BCUT2D eigenvalue weighted by Crippen LogP contribution is 2.35. The number of carbonyl (C=O) groups is 1.